The van der Waals surface area contributed by atoms with Gasteiger partial charge in [0.2, 0.25) is 0 Å². The number of aliphatic hydroxyl groups is 1. The second-order valence-electron chi connectivity index (χ2n) is 8.43. The van der Waals surface area contributed by atoms with E-state index in [1.165, 1.54) is 12.1 Å². The number of aliphatic hydroxyl groups excluding tert-OH is 1. The summed E-state index contributed by atoms with van der Waals surface area (Å²) >= 11 is 1.09. The predicted molar refractivity (Wildman–Crippen MR) is 134 cm³/mol. The van der Waals surface area contributed by atoms with Crippen molar-refractivity contribution in [3.8, 4) is 0 Å². The lowest BCUT2D eigenvalue weighted by molar-refractivity contribution is 0.0378. The Balaban J connectivity index is 1.52. The van der Waals surface area contributed by atoms with E-state index < -0.39 is 17.2 Å². The van der Waals surface area contributed by atoms with E-state index in [1.54, 1.807) is 6.92 Å². The zero-order chi connectivity index (χ0) is 25.5. The van der Waals surface area contributed by atoms with Gasteiger partial charge in [0.1, 0.15) is 0 Å². The molecule has 1 aliphatic heterocycles. The summed E-state index contributed by atoms with van der Waals surface area (Å²) in [6.07, 6.45) is 0.828. The van der Waals surface area contributed by atoms with Crippen molar-refractivity contribution in [2.75, 3.05) is 56.6 Å². The maximum Gasteiger partial charge on any atom is 0.292 e. The zero-order valence-electron chi connectivity index (χ0n) is 19.9. The summed E-state index contributed by atoms with van der Waals surface area (Å²) in [6.45, 7) is 6.32. The van der Waals surface area contributed by atoms with Crippen LogP contribution in [0.3, 0.4) is 0 Å². The van der Waals surface area contributed by atoms with Gasteiger partial charge in [0.15, 0.2) is 39.6 Å². The van der Waals surface area contributed by atoms with Crippen LogP contribution in [0.4, 0.5) is 20.4 Å². The number of fused-ring (bicyclic) bond motifs is 1. The van der Waals surface area contributed by atoms with Crippen LogP contribution in [-0.2, 0) is 10.5 Å². The molecule has 13 heteroatoms. The van der Waals surface area contributed by atoms with Crippen molar-refractivity contribution in [3.05, 3.63) is 45.8 Å². The second kappa shape index (κ2) is 12.4. The molecule has 0 aliphatic carbocycles. The fourth-order valence-electron chi connectivity index (χ4n) is 3.66. The van der Waals surface area contributed by atoms with Gasteiger partial charge in [-0.15, -0.1) is 0 Å². The molecule has 0 unspecified atom stereocenters. The first-order chi connectivity index (χ1) is 17.4. The lowest BCUT2D eigenvalue weighted by atomic mass is 10.2. The molecular weight excluding hydrogens is 492 g/mol. The molecule has 0 saturated carbocycles. The van der Waals surface area contributed by atoms with Gasteiger partial charge >= 0.3 is 0 Å². The van der Waals surface area contributed by atoms with Gasteiger partial charge in [-0.3, -0.25) is 9.69 Å². The van der Waals surface area contributed by atoms with Crippen molar-refractivity contribution in [1.29, 1.82) is 0 Å². The van der Waals surface area contributed by atoms with Gasteiger partial charge in [0, 0.05) is 37.0 Å². The number of ether oxygens (including phenoxy) is 1. The number of H-pyrrole nitrogens is 1. The number of nitrogens with one attached hydrogen (secondary N) is 3. The molecule has 1 saturated heterocycles. The van der Waals surface area contributed by atoms with E-state index in [0.29, 0.717) is 17.9 Å². The number of rotatable bonds is 11. The molecule has 1 fully saturated rings. The number of anilines is 2. The van der Waals surface area contributed by atoms with Crippen LogP contribution < -0.4 is 16.2 Å². The highest BCUT2D eigenvalue weighted by Crippen LogP contribution is 2.26. The molecule has 1 atom stereocenters. The van der Waals surface area contributed by atoms with Gasteiger partial charge < -0.3 is 25.5 Å². The number of aromatic amines is 1. The predicted octanol–water partition coefficient (Wildman–Crippen LogP) is 2.21. The summed E-state index contributed by atoms with van der Waals surface area (Å²) in [4.78, 5) is 31.0. The van der Waals surface area contributed by atoms with Crippen LogP contribution in [0.25, 0.3) is 11.2 Å². The SMILES string of the molecule is C[C@H](CO)Nc1nc(SCc2cccc(F)c2F)nc2[nH]c(=O)c(NCCCN3CCOCC3)nc12. The van der Waals surface area contributed by atoms with Crippen LogP contribution in [0.15, 0.2) is 28.2 Å². The lowest BCUT2D eigenvalue weighted by Crippen LogP contribution is -2.37. The minimum atomic E-state index is -0.926. The maximum atomic E-state index is 14.0. The van der Waals surface area contributed by atoms with Gasteiger partial charge in [-0.05, 0) is 26.0 Å². The summed E-state index contributed by atoms with van der Waals surface area (Å²) in [5.74, 6) is -1.29. The number of morpholine rings is 1. The molecule has 4 rings (SSSR count). The van der Waals surface area contributed by atoms with Crippen molar-refractivity contribution < 1.29 is 18.6 Å². The van der Waals surface area contributed by atoms with E-state index in [9.17, 15) is 18.7 Å². The number of aromatic nitrogens is 4. The summed E-state index contributed by atoms with van der Waals surface area (Å²) < 4.78 is 32.9. The number of nitrogens with zero attached hydrogens (tertiary/aromatic N) is 4. The first kappa shape index (κ1) is 26.2. The van der Waals surface area contributed by atoms with Crippen molar-refractivity contribution in [3.63, 3.8) is 0 Å². The third kappa shape index (κ3) is 6.66. The Morgan fingerprint density at radius 2 is 2.03 bits per heavy atom. The Morgan fingerprint density at radius 1 is 1.22 bits per heavy atom. The minimum Gasteiger partial charge on any atom is -0.394 e. The lowest BCUT2D eigenvalue weighted by Gasteiger charge is -2.26. The Morgan fingerprint density at radius 3 is 2.81 bits per heavy atom. The monoisotopic (exact) mass is 521 g/mol. The molecule has 36 heavy (non-hydrogen) atoms. The standard InChI is InChI=1S/C23H29F2N7O3S/c1-14(12-33)27-19-18-20(31-23(30-19)36-13-15-4-2-5-16(24)17(15)25)29-22(34)21(28-18)26-6-3-7-32-8-10-35-11-9-32/h2,4-5,14,33H,3,6-13H2,1H3,(H,26,28)(H2,27,29,30,31,34)/t14-/m1/s1. The number of halogens is 2. The van der Waals surface area contributed by atoms with E-state index in [1.807, 2.05) is 0 Å². The third-order valence-electron chi connectivity index (χ3n) is 5.63. The van der Waals surface area contributed by atoms with Gasteiger partial charge in [-0.25, -0.2) is 23.7 Å². The molecule has 3 aromatic rings. The Labute approximate surface area is 210 Å². The number of thioether (sulfide) groups is 1. The second-order valence-corrected chi connectivity index (χ2v) is 9.37. The molecule has 0 radical (unpaired) electrons. The third-order valence-corrected chi connectivity index (χ3v) is 6.52. The molecule has 10 nitrogen and oxygen atoms in total. The van der Waals surface area contributed by atoms with Crippen LogP contribution in [-0.4, -0.2) is 82.0 Å². The molecule has 0 amide bonds. The van der Waals surface area contributed by atoms with Crippen LogP contribution in [0.1, 0.15) is 18.9 Å². The fraction of sp³-hybridized carbons (Fsp3) is 0.478. The highest BCUT2D eigenvalue weighted by atomic mass is 32.2. The molecule has 1 aromatic carbocycles. The molecule has 0 spiro atoms. The van der Waals surface area contributed by atoms with Gasteiger partial charge in [0.05, 0.1) is 19.8 Å². The van der Waals surface area contributed by atoms with Crippen LogP contribution >= 0.6 is 11.8 Å². The van der Waals surface area contributed by atoms with E-state index in [2.05, 4.69) is 35.5 Å². The summed E-state index contributed by atoms with van der Waals surface area (Å²) in [6, 6.07) is 3.63. The Kier molecular flexibility index (Phi) is 9.02. The highest BCUT2D eigenvalue weighted by molar-refractivity contribution is 7.98. The molecule has 3 heterocycles. The van der Waals surface area contributed by atoms with Gasteiger partial charge in [-0.1, -0.05) is 23.9 Å². The number of hydrogen-bond donors (Lipinski definition) is 4. The zero-order valence-corrected chi connectivity index (χ0v) is 20.7. The molecule has 2 aromatic heterocycles. The fourth-order valence-corrected chi connectivity index (χ4v) is 4.48. The van der Waals surface area contributed by atoms with Crippen molar-refractivity contribution in [1.82, 2.24) is 24.8 Å². The van der Waals surface area contributed by atoms with E-state index in [4.69, 9.17) is 4.74 Å². The maximum absolute atomic E-state index is 14.0. The van der Waals surface area contributed by atoms with Gasteiger partial charge in [-0.2, -0.15) is 0 Å². The van der Waals surface area contributed by atoms with Crippen LogP contribution in [0.5, 0.6) is 0 Å². The average molecular weight is 522 g/mol. The molecule has 4 N–H and O–H groups in total. The Bertz CT molecular complexity index is 1240. The first-order valence-corrected chi connectivity index (χ1v) is 12.7. The highest BCUT2D eigenvalue weighted by Gasteiger charge is 2.17. The van der Waals surface area contributed by atoms with Crippen molar-refractivity contribution in [2.45, 2.75) is 30.3 Å². The van der Waals surface area contributed by atoms with E-state index >= 15 is 0 Å². The number of benzene rings is 1. The van der Waals surface area contributed by atoms with E-state index in [-0.39, 0.29) is 40.6 Å². The quantitative estimate of drug-likeness (QED) is 0.169. The van der Waals surface area contributed by atoms with Crippen LogP contribution in [0, 0.1) is 11.6 Å². The normalized spacial score (nSPS) is 15.2. The summed E-state index contributed by atoms with van der Waals surface area (Å²) in [5, 5.41) is 15.9. The Hall–Kier alpha value is -2.87. The number of hydrogen-bond acceptors (Lipinski definition) is 10. The van der Waals surface area contributed by atoms with Gasteiger partial charge in [0.25, 0.3) is 5.56 Å². The summed E-state index contributed by atoms with van der Waals surface area (Å²) in [7, 11) is 0. The largest absolute Gasteiger partial charge is 0.394 e. The molecular formula is C23H29F2N7O3S. The molecule has 0 bridgehead atoms. The summed E-state index contributed by atoms with van der Waals surface area (Å²) in [5.41, 5.74) is 0.265. The van der Waals surface area contributed by atoms with Crippen molar-refractivity contribution >= 4 is 34.6 Å². The molecule has 194 valence electrons. The first-order valence-electron chi connectivity index (χ1n) is 11.7. The average Bonchev–Trinajstić information content (AvgIpc) is 2.88. The topological polar surface area (TPSA) is 128 Å². The van der Waals surface area contributed by atoms with E-state index in [0.717, 1.165) is 57.1 Å². The minimum absolute atomic E-state index is 0.0878. The smallest absolute Gasteiger partial charge is 0.292 e. The van der Waals surface area contributed by atoms with Crippen molar-refractivity contribution in [2.24, 2.45) is 0 Å². The van der Waals surface area contributed by atoms with Crippen LogP contribution in [0.2, 0.25) is 0 Å². The molecule has 1 aliphatic rings.